The SMILES string of the molecule is COC(=O)[C@H](O)[C@@H](NC=O)c1ccccc1. The van der Waals surface area contributed by atoms with E-state index in [0.29, 0.717) is 12.0 Å². The molecule has 0 aliphatic rings. The lowest BCUT2D eigenvalue weighted by molar-refractivity contribution is -0.152. The molecule has 0 aromatic heterocycles. The van der Waals surface area contributed by atoms with Crippen LogP contribution in [0.2, 0.25) is 0 Å². The van der Waals surface area contributed by atoms with Crippen molar-refractivity contribution in [2.24, 2.45) is 0 Å². The zero-order valence-corrected chi connectivity index (χ0v) is 8.79. The molecule has 5 heteroatoms. The van der Waals surface area contributed by atoms with E-state index in [1.807, 2.05) is 0 Å². The Hall–Kier alpha value is -1.88. The number of carbonyl (C=O) groups is 2. The Kier molecular flexibility index (Phi) is 4.47. The first-order valence-electron chi connectivity index (χ1n) is 4.71. The Bertz CT molecular complexity index is 352. The molecule has 86 valence electrons. The molecular weight excluding hydrogens is 210 g/mol. The third-order valence-corrected chi connectivity index (χ3v) is 2.16. The Labute approximate surface area is 93.0 Å². The van der Waals surface area contributed by atoms with E-state index in [9.17, 15) is 14.7 Å². The zero-order valence-electron chi connectivity index (χ0n) is 8.79. The van der Waals surface area contributed by atoms with Gasteiger partial charge in [-0.3, -0.25) is 4.79 Å². The minimum atomic E-state index is -1.42. The Morgan fingerprint density at radius 1 is 1.44 bits per heavy atom. The number of methoxy groups -OCH3 is 1. The van der Waals surface area contributed by atoms with E-state index < -0.39 is 18.1 Å². The Morgan fingerprint density at radius 2 is 2.06 bits per heavy atom. The molecule has 5 nitrogen and oxygen atoms in total. The minimum absolute atomic E-state index is 0.434. The number of nitrogens with one attached hydrogen (secondary N) is 1. The van der Waals surface area contributed by atoms with Crippen LogP contribution in [-0.4, -0.2) is 30.7 Å². The van der Waals surface area contributed by atoms with Crippen molar-refractivity contribution in [3.05, 3.63) is 35.9 Å². The van der Waals surface area contributed by atoms with E-state index in [0.717, 1.165) is 0 Å². The lowest BCUT2D eigenvalue weighted by Gasteiger charge is -2.20. The van der Waals surface area contributed by atoms with Gasteiger partial charge in [-0.05, 0) is 5.56 Å². The van der Waals surface area contributed by atoms with Gasteiger partial charge in [0.05, 0.1) is 13.2 Å². The highest BCUT2D eigenvalue weighted by Crippen LogP contribution is 2.16. The van der Waals surface area contributed by atoms with Crippen molar-refractivity contribution in [2.45, 2.75) is 12.1 Å². The molecule has 0 aliphatic heterocycles. The van der Waals surface area contributed by atoms with Gasteiger partial charge in [0.15, 0.2) is 6.10 Å². The molecule has 1 aromatic rings. The predicted molar refractivity (Wildman–Crippen MR) is 56.4 cm³/mol. The first kappa shape index (κ1) is 12.2. The van der Waals surface area contributed by atoms with Crippen LogP contribution < -0.4 is 5.32 Å². The van der Waals surface area contributed by atoms with Crippen LogP contribution in [0, 0.1) is 0 Å². The van der Waals surface area contributed by atoms with Crippen LogP contribution in [0.3, 0.4) is 0 Å². The molecular formula is C11H13NO4. The van der Waals surface area contributed by atoms with Crippen molar-refractivity contribution in [2.75, 3.05) is 7.11 Å². The summed E-state index contributed by atoms with van der Waals surface area (Å²) in [7, 11) is 1.18. The second kappa shape index (κ2) is 5.87. The van der Waals surface area contributed by atoms with Gasteiger partial charge in [-0.15, -0.1) is 0 Å². The summed E-state index contributed by atoms with van der Waals surface area (Å²) in [5.74, 6) is -0.789. The molecule has 0 unspecified atom stereocenters. The van der Waals surface area contributed by atoms with Crippen LogP contribution in [0.15, 0.2) is 30.3 Å². The normalized spacial score (nSPS) is 13.6. The fourth-order valence-corrected chi connectivity index (χ4v) is 1.36. The van der Waals surface area contributed by atoms with Gasteiger partial charge < -0.3 is 15.2 Å². The topological polar surface area (TPSA) is 75.6 Å². The van der Waals surface area contributed by atoms with Gasteiger partial charge >= 0.3 is 5.97 Å². The highest BCUT2D eigenvalue weighted by atomic mass is 16.5. The molecule has 0 spiro atoms. The van der Waals surface area contributed by atoms with E-state index in [1.165, 1.54) is 7.11 Å². The molecule has 0 saturated heterocycles. The molecule has 1 aromatic carbocycles. The lowest BCUT2D eigenvalue weighted by Crippen LogP contribution is -2.37. The summed E-state index contributed by atoms with van der Waals surface area (Å²) < 4.78 is 4.42. The van der Waals surface area contributed by atoms with Gasteiger partial charge in [0, 0.05) is 0 Å². The van der Waals surface area contributed by atoms with E-state index >= 15 is 0 Å². The number of aliphatic hydroxyl groups is 1. The third kappa shape index (κ3) is 2.80. The van der Waals surface area contributed by atoms with Crippen molar-refractivity contribution >= 4 is 12.4 Å². The van der Waals surface area contributed by atoms with Gasteiger partial charge in [0.25, 0.3) is 0 Å². The maximum atomic E-state index is 11.2. The number of amides is 1. The summed E-state index contributed by atoms with van der Waals surface area (Å²) in [5.41, 5.74) is 0.632. The van der Waals surface area contributed by atoms with E-state index in [4.69, 9.17) is 0 Å². The fourth-order valence-electron chi connectivity index (χ4n) is 1.36. The van der Waals surface area contributed by atoms with Gasteiger partial charge in [0.1, 0.15) is 0 Å². The number of esters is 1. The number of benzene rings is 1. The van der Waals surface area contributed by atoms with Crippen LogP contribution in [-0.2, 0) is 14.3 Å². The number of hydrogen-bond acceptors (Lipinski definition) is 4. The highest BCUT2D eigenvalue weighted by molar-refractivity contribution is 5.76. The highest BCUT2D eigenvalue weighted by Gasteiger charge is 2.27. The van der Waals surface area contributed by atoms with Crippen LogP contribution in [0.1, 0.15) is 11.6 Å². The predicted octanol–water partition coefficient (Wildman–Crippen LogP) is 0.00760. The van der Waals surface area contributed by atoms with Crippen LogP contribution in [0.4, 0.5) is 0 Å². The van der Waals surface area contributed by atoms with Crippen molar-refractivity contribution in [3.63, 3.8) is 0 Å². The molecule has 0 fully saturated rings. The van der Waals surface area contributed by atoms with E-state index in [-0.39, 0.29) is 0 Å². The number of rotatable bonds is 5. The zero-order chi connectivity index (χ0) is 12.0. The number of ether oxygens (including phenoxy) is 1. The second-order valence-corrected chi connectivity index (χ2v) is 3.14. The molecule has 2 atom stereocenters. The van der Waals surface area contributed by atoms with Crippen molar-refractivity contribution < 1.29 is 19.4 Å². The number of aliphatic hydroxyl groups excluding tert-OH is 1. The Morgan fingerprint density at radius 3 is 2.56 bits per heavy atom. The molecule has 0 bridgehead atoms. The van der Waals surface area contributed by atoms with Gasteiger partial charge in [-0.25, -0.2) is 4.79 Å². The fraction of sp³-hybridized carbons (Fsp3) is 0.273. The van der Waals surface area contributed by atoms with Crippen LogP contribution in [0.25, 0.3) is 0 Å². The summed E-state index contributed by atoms with van der Waals surface area (Å²) in [6.07, 6.45) is -0.985. The minimum Gasteiger partial charge on any atom is -0.467 e. The molecule has 0 aliphatic carbocycles. The summed E-state index contributed by atoms with van der Waals surface area (Å²) in [5, 5.41) is 12.0. The first-order valence-corrected chi connectivity index (χ1v) is 4.71. The molecule has 0 saturated carbocycles. The lowest BCUT2D eigenvalue weighted by atomic mass is 10.0. The van der Waals surface area contributed by atoms with E-state index in [1.54, 1.807) is 30.3 Å². The number of hydrogen-bond donors (Lipinski definition) is 2. The molecule has 1 rings (SSSR count). The summed E-state index contributed by atoms with van der Waals surface area (Å²) in [6, 6.07) is 7.90. The van der Waals surface area contributed by atoms with Crippen LogP contribution in [0.5, 0.6) is 0 Å². The average molecular weight is 223 g/mol. The van der Waals surface area contributed by atoms with Crippen molar-refractivity contribution in [1.29, 1.82) is 0 Å². The second-order valence-electron chi connectivity index (χ2n) is 3.14. The van der Waals surface area contributed by atoms with Gasteiger partial charge in [0.2, 0.25) is 6.41 Å². The smallest absolute Gasteiger partial charge is 0.337 e. The van der Waals surface area contributed by atoms with Gasteiger partial charge in [-0.2, -0.15) is 0 Å². The molecule has 1 amide bonds. The molecule has 16 heavy (non-hydrogen) atoms. The third-order valence-electron chi connectivity index (χ3n) is 2.16. The largest absolute Gasteiger partial charge is 0.467 e. The molecule has 0 heterocycles. The maximum Gasteiger partial charge on any atom is 0.337 e. The average Bonchev–Trinajstić information content (AvgIpc) is 2.35. The standard InChI is InChI=1S/C11H13NO4/c1-16-11(15)10(14)9(12-7-13)8-5-3-2-4-6-8/h2-7,9-10,14H,1H3,(H,12,13)/t9-,10+/m0/s1. The summed E-state index contributed by atoms with van der Waals surface area (Å²) in [6.45, 7) is 0. The summed E-state index contributed by atoms with van der Waals surface area (Å²) >= 11 is 0. The Balaban J connectivity index is 2.91. The monoisotopic (exact) mass is 223 g/mol. The number of carbonyl (C=O) groups excluding carboxylic acids is 2. The van der Waals surface area contributed by atoms with Crippen molar-refractivity contribution in [3.8, 4) is 0 Å². The molecule has 0 radical (unpaired) electrons. The quantitative estimate of drug-likeness (QED) is 0.544. The summed E-state index contributed by atoms with van der Waals surface area (Å²) in [4.78, 5) is 21.6. The first-order chi connectivity index (χ1) is 7.70. The van der Waals surface area contributed by atoms with Crippen LogP contribution >= 0.6 is 0 Å². The van der Waals surface area contributed by atoms with Crippen molar-refractivity contribution in [1.82, 2.24) is 5.32 Å². The van der Waals surface area contributed by atoms with Gasteiger partial charge in [-0.1, -0.05) is 30.3 Å². The molecule has 2 N–H and O–H groups in total. The maximum absolute atomic E-state index is 11.2. The van der Waals surface area contributed by atoms with E-state index in [2.05, 4.69) is 10.1 Å².